The summed E-state index contributed by atoms with van der Waals surface area (Å²) in [6.45, 7) is 0. The van der Waals surface area contributed by atoms with Gasteiger partial charge < -0.3 is 16.0 Å². The van der Waals surface area contributed by atoms with Crippen molar-refractivity contribution in [2.75, 3.05) is 10.6 Å². The fourth-order valence-electron chi connectivity index (χ4n) is 4.43. The molecule has 5 rings (SSSR count). The monoisotopic (exact) mass is 733 g/mol. The van der Waals surface area contributed by atoms with E-state index >= 15 is 0 Å². The van der Waals surface area contributed by atoms with Gasteiger partial charge in [-0.2, -0.15) is 0 Å². The Morgan fingerprint density at radius 1 is 0.708 bits per heavy atom. The van der Waals surface area contributed by atoms with Gasteiger partial charge in [-0.3, -0.25) is 14.4 Å². The average molecular weight is 735 g/mol. The van der Waals surface area contributed by atoms with Crippen LogP contribution in [0.1, 0.15) is 26.7 Å². The molecule has 0 bridgehead atoms. The van der Waals surface area contributed by atoms with Gasteiger partial charge in [-0.1, -0.05) is 76.6 Å². The van der Waals surface area contributed by atoms with Crippen molar-refractivity contribution in [3.8, 4) is 0 Å². The molecule has 3 amide bonds. The molecule has 0 aliphatic heterocycles. The first-order valence-corrected chi connectivity index (χ1v) is 15.9. The highest BCUT2D eigenvalue weighted by atomic mass is 79.9. The van der Waals surface area contributed by atoms with Gasteiger partial charge in [-0.15, -0.1) is 11.8 Å². The standard InChI is InChI=1S/C36H24BrF4N3O3S/c37-24-13-7-8-21(18-24)19-29(43-34(45)23-11-5-2-6-12-23)35(46)42-25-14-16-26(17-15-25)48-33(22-9-3-1-4-10-22)36(47)44-32-30(40)27(38)20-28(39)31(32)41/h1-20,33H,(H,42,46)(H,43,45)(H,44,47)/b29-19-. The van der Waals surface area contributed by atoms with Crippen LogP contribution in [0.5, 0.6) is 0 Å². The molecule has 0 aliphatic rings. The summed E-state index contributed by atoms with van der Waals surface area (Å²) in [6, 6.07) is 30.2. The molecular formula is C36H24BrF4N3O3S. The number of thioether (sulfide) groups is 1. The van der Waals surface area contributed by atoms with Crippen molar-refractivity contribution in [2.45, 2.75) is 10.1 Å². The van der Waals surface area contributed by atoms with Gasteiger partial charge in [0.2, 0.25) is 5.91 Å². The number of nitrogens with one attached hydrogen (secondary N) is 3. The van der Waals surface area contributed by atoms with Crippen LogP contribution < -0.4 is 16.0 Å². The molecule has 0 aliphatic carbocycles. The number of halogens is 5. The summed E-state index contributed by atoms with van der Waals surface area (Å²) < 4.78 is 57.0. The predicted octanol–water partition coefficient (Wildman–Crippen LogP) is 8.89. The first-order valence-electron chi connectivity index (χ1n) is 14.2. The van der Waals surface area contributed by atoms with E-state index in [2.05, 4.69) is 26.6 Å². The number of hydrogen-bond acceptors (Lipinski definition) is 4. The Morgan fingerprint density at radius 3 is 1.96 bits per heavy atom. The molecule has 5 aromatic rings. The third-order valence-corrected chi connectivity index (χ3v) is 8.51. The van der Waals surface area contributed by atoms with Crippen LogP contribution in [-0.2, 0) is 9.59 Å². The van der Waals surface area contributed by atoms with E-state index in [9.17, 15) is 31.9 Å². The lowest BCUT2D eigenvalue weighted by molar-refractivity contribution is -0.116. The average Bonchev–Trinajstić information content (AvgIpc) is 3.09. The second-order valence-electron chi connectivity index (χ2n) is 10.2. The zero-order valence-electron chi connectivity index (χ0n) is 24.6. The van der Waals surface area contributed by atoms with Crippen LogP contribution >= 0.6 is 27.7 Å². The fourth-order valence-corrected chi connectivity index (χ4v) is 5.87. The molecule has 0 aromatic heterocycles. The largest absolute Gasteiger partial charge is 0.321 e. The van der Waals surface area contributed by atoms with Crippen LogP contribution in [0.25, 0.3) is 6.08 Å². The summed E-state index contributed by atoms with van der Waals surface area (Å²) in [5.41, 5.74) is 0.570. The summed E-state index contributed by atoms with van der Waals surface area (Å²) >= 11 is 4.40. The molecule has 12 heteroatoms. The summed E-state index contributed by atoms with van der Waals surface area (Å²) in [6.07, 6.45) is 1.53. The molecule has 1 atom stereocenters. The van der Waals surface area contributed by atoms with Crippen molar-refractivity contribution in [2.24, 2.45) is 0 Å². The number of anilines is 2. The molecule has 0 saturated carbocycles. The molecule has 0 spiro atoms. The zero-order valence-corrected chi connectivity index (χ0v) is 27.0. The van der Waals surface area contributed by atoms with E-state index in [1.807, 2.05) is 11.4 Å². The Hall–Kier alpha value is -5.20. The van der Waals surface area contributed by atoms with Gasteiger partial charge in [0.05, 0.1) is 0 Å². The maximum atomic E-state index is 14.3. The van der Waals surface area contributed by atoms with Gasteiger partial charge in [0.25, 0.3) is 11.8 Å². The highest BCUT2D eigenvalue weighted by Crippen LogP contribution is 2.37. The van der Waals surface area contributed by atoms with Crippen LogP contribution in [-0.4, -0.2) is 17.7 Å². The lowest BCUT2D eigenvalue weighted by atomic mass is 10.1. The van der Waals surface area contributed by atoms with Crippen molar-refractivity contribution >= 4 is 62.9 Å². The Bertz CT molecular complexity index is 1970. The normalized spacial score (nSPS) is 11.8. The van der Waals surface area contributed by atoms with Crippen molar-refractivity contribution in [3.05, 3.63) is 165 Å². The number of carbonyl (C=O) groups is 3. The third kappa shape index (κ3) is 8.58. The topological polar surface area (TPSA) is 87.3 Å². The molecule has 242 valence electrons. The van der Waals surface area contributed by atoms with Crippen molar-refractivity contribution in [1.82, 2.24) is 5.32 Å². The Kier molecular flexibility index (Phi) is 11.1. The molecule has 0 saturated heterocycles. The van der Waals surface area contributed by atoms with Crippen LogP contribution in [0.4, 0.5) is 28.9 Å². The lowest BCUT2D eigenvalue weighted by Gasteiger charge is -2.18. The molecule has 6 nitrogen and oxygen atoms in total. The fraction of sp³-hybridized carbons (Fsp3) is 0.0278. The van der Waals surface area contributed by atoms with Crippen molar-refractivity contribution in [1.29, 1.82) is 0 Å². The minimum Gasteiger partial charge on any atom is -0.321 e. The molecule has 48 heavy (non-hydrogen) atoms. The summed E-state index contributed by atoms with van der Waals surface area (Å²) in [5.74, 6) is -8.78. The quantitative estimate of drug-likeness (QED) is 0.0579. The van der Waals surface area contributed by atoms with Crippen molar-refractivity contribution in [3.63, 3.8) is 0 Å². The van der Waals surface area contributed by atoms with Gasteiger partial charge in [0.15, 0.2) is 23.3 Å². The zero-order chi connectivity index (χ0) is 34.2. The number of benzene rings is 5. The Labute approximate surface area is 285 Å². The SMILES string of the molecule is O=C(Nc1ccc(SC(C(=O)Nc2c(F)c(F)cc(F)c2F)c2ccccc2)cc1)/C(=C/c1cccc(Br)c1)NC(=O)c1ccccc1. The predicted molar refractivity (Wildman–Crippen MR) is 181 cm³/mol. The summed E-state index contributed by atoms with van der Waals surface area (Å²) in [7, 11) is 0. The van der Waals surface area contributed by atoms with Gasteiger partial charge in [0, 0.05) is 26.7 Å². The molecule has 3 N–H and O–H groups in total. The molecule has 0 fully saturated rings. The third-order valence-electron chi connectivity index (χ3n) is 6.76. The lowest BCUT2D eigenvalue weighted by Crippen LogP contribution is -2.30. The van der Waals surface area contributed by atoms with Crippen LogP contribution in [0.15, 0.2) is 130 Å². The second kappa shape index (κ2) is 15.6. The van der Waals surface area contributed by atoms with Crippen LogP contribution in [0.2, 0.25) is 0 Å². The highest BCUT2D eigenvalue weighted by molar-refractivity contribution is 9.10. The Balaban J connectivity index is 1.35. The van der Waals surface area contributed by atoms with Crippen LogP contribution in [0, 0.1) is 23.3 Å². The van der Waals surface area contributed by atoms with E-state index in [1.165, 1.54) is 6.08 Å². The van der Waals surface area contributed by atoms with Gasteiger partial charge in [-0.05, 0) is 65.7 Å². The number of hydrogen-bond donors (Lipinski definition) is 3. The minimum absolute atomic E-state index is 0.0190. The molecule has 0 heterocycles. The molecule has 1 unspecified atom stereocenters. The minimum atomic E-state index is -1.73. The van der Waals surface area contributed by atoms with Gasteiger partial charge in [0.1, 0.15) is 16.6 Å². The van der Waals surface area contributed by atoms with Crippen LogP contribution in [0.3, 0.4) is 0 Å². The van der Waals surface area contributed by atoms with Crippen molar-refractivity contribution < 1.29 is 31.9 Å². The molecular weight excluding hydrogens is 710 g/mol. The van der Waals surface area contributed by atoms with E-state index in [0.717, 1.165) is 16.2 Å². The molecule has 0 radical (unpaired) electrons. The Morgan fingerprint density at radius 2 is 1.33 bits per heavy atom. The number of carbonyl (C=O) groups excluding carboxylic acids is 3. The first-order chi connectivity index (χ1) is 23.1. The maximum Gasteiger partial charge on any atom is 0.272 e. The van der Waals surface area contributed by atoms with Gasteiger partial charge >= 0.3 is 0 Å². The van der Waals surface area contributed by atoms with E-state index in [4.69, 9.17) is 0 Å². The number of amides is 3. The smallest absolute Gasteiger partial charge is 0.272 e. The van der Waals surface area contributed by atoms with E-state index in [1.54, 1.807) is 103 Å². The van der Waals surface area contributed by atoms with Gasteiger partial charge in [-0.25, -0.2) is 17.6 Å². The number of rotatable bonds is 10. The highest BCUT2D eigenvalue weighted by Gasteiger charge is 2.27. The summed E-state index contributed by atoms with van der Waals surface area (Å²) in [5, 5.41) is 6.31. The maximum absolute atomic E-state index is 14.3. The van der Waals surface area contributed by atoms with E-state index in [-0.39, 0.29) is 11.8 Å². The van der Waals surface area contributed by atoms with E-state index in [0.29, 0.717) is 27.3 Å². The molecule has 5 aromatic carbocycles. The summed E-state index contributed by atoms with van der Waals surface area (Å²) in [4.78, 5) is 40.1. The first kappa shape index (κ1) is 34.1. The van der Waals surface area contributed by atoms with E-state index < -0.39 is 51.9 Å². The second-order valence-corrected chi connectivity index (χ2v) is 12.2.